The number of anilines is 1. The molecule has 2 aromatic carbocycles. The molecule has 0 radical (unpaired) electrons. The molecule has 2 heterocycles. The molecule has 3 aromatic rings. The van der Waals surface area contributed by atoms with E-state index in [0.717, 1.165) is 11.1 Å². The van der Waals surface area contributed by atoms with Crippen LogP contribution in [0, 0.1) is 17.0 Å². The van der Waals surface area contributed by atoms with Crippen molar-refractivity contribution in [2.45, 2.75) is 25.9 Å². The molecule has 1 atom stereocenters. The number of nitro benzene ring substituents is 1. The maximum atomic E-state index is 13.0. The second kappa shape index (κ2) is 9.57. The van der Waals surface area contributed by atoms with Crippen molar-refractivity contribution in [3.8, 4) is 0 Å². The zero-order chi connectivity index (χ0) is 24.2. The standard InChI is InChI=1S/C24H21N3O7/c1-15-8-9-18(12-19(15)27(31)32)25-22(28)14-34-24(30)20-11-16-5-2-3-6-17(16)13-26(20)23(29)21-7-4-10-33-21/h2-10,12,20H,11,13-14H2,1H3,(H,25,28). The van der Waals surface area contributed by atoms with Crippen LogP contribution < -0.4 is 5.32 Å². The highest BCUT2D eigenvalue weighted by Gasteiger charge is 2.37. The van der Waals surface area contributed by atoms with Gasteiger partial charge in [-0.1, -0.05) is 30.3 Å². The smallest absolute Gasteiger partial charge is 0.329 e. The Kier molecular flexibility index (Phi) is 6.39. The van der Waals surface area contributed by atoms with Crippen molar-refractivity contribution < 1.29 is 28.5 Å². The number of ether oxygens (including phenoxy) is 1. The number of amides is 2. The summed E-state index contributed by atoms with van der Waals surface area (Å²) >= 11 is 0. The fraction of sp³-hybridized carbons (Fsp3) is 0.208. The van der Waals surface area contributed by atoms with E-state index in [0.29, 0.717) is 5.56 Å². The molecule has 0 bridgehead atoms. The molecule has 0 fully saturated rings. The van der Waals surface area contributed by atoms with E-state index >= 15 is 0 Å². The molecule has 1 aliphatic heterocycles. The van der Waals surface area contributed by atoms with Gasteiger partial charge in [-0.25, -0.2) is 4.79 Å². The van der Waals surface area contributed by atoms with Gasteiger partial charge in [0, 0.05) is 30.3 Å². The lowest BCUT2D eigenvalue weighted by Gasteiger charge is -2.34. The van der Waals surface area contributed by atoms with Crippen LogP contribution in [0.2, 0.25) is 0 Å². The predicted molar refractivity (Wildman–Crippen MR) is 120 cm³/mol. The number of hydrogen-bond acceptors (Lipinski definition) is 7. The summed E-state index contributed by atoms with van der Waals surface area (Å²) in [7, 11) is 0. The van der Waals surface area contributed by atoms with Crippen LogP contribution in [0.15, 0.2) is 65.3 Å². The lowest BCUT2D eigenvalue weighted by molar-refractivity contribution is -0.385. The van der Waals surface area contributed by atoms with Crippen LogP contribution in [0.5, 0.6) is 0 Å². The molecule has 1 aromatic heterocycles. The largest absolute Gasteiger partial charge is 0.459 e. The van der Waals surface area contributed by atoms with E-state index in [1.54, 1.807) is 13.0 Å². The molecular weight excluding hydrogens is 442 g/mol. The molecular formula is C24H21N3O7. The number of aryl methyl sites for hydroxylation is 1. The molecule has 10 nitrogen and oxygen atoms in total. The van der Waals surface area contributed by atoms with Crippen LogP contribution in [-0.4, -0.2) is 40.3 Å². The summed E-state index contributed by atoms with van der Waals surface area (Å²) in [5.41, 5.74) is 2.34. The summed E-state index contributed by atoms with van der Waals surface area (Å²) in [6.45, 7) is 1.17. The molecule has 1 unspecified atom stereocenters. The molecule has 1 N–H and O–H groups in total. The summed E-state index contributed by atoms with van der Waals surface area (Å²) < 4.78 is 10.4. The van der Waals surface area contributed by atoms with E-state index in [2.05, 4.69) is 5.32 Å². The van der Waals surface area contributed by atoms with Crippen LogP contribution in [0.1, 0.15) is 27.2 Å². The number of fused-ring (bicyclic) bond motifs is 1. The maximum Gasteiger partial charge on any atom is 0.329 e. The van der Waals surface area contributed by atoms with Gasteiger partial charge in [-0.15, -0.1) is 0 Å². The van der Waals surface area contributed by atoms with Crippen LogP contribution >= 0.6 is 0 Å². The Labute approximate surface area is 194 Å². The van der Waals surface area contributed by atoms with E-state index in [9.17, 15) is 24.5 Å². The lowest BCUT2D eigenvalue weighted by atomic mass is 9.93. The number of nitrogens with zero attached hydrogens (tertiary/aromatic N) is 2. The van der Waals surface area contributed by atoms with Gasteiger partial charge in [0.25, 0.3) is 17.5 Å². The zero-order valence-corrected chi connectivity index (χ0v) is 18.2. The van der Waals surface area contributed by atoms with Crippen molar-refractivity contribution in [2.75, 3.05) is 11.9 Å². The van der Waals surface area contributed by atoms with Gasteiger partial charge in [0.2, 0.25) is 0 Å². The second-order valence-electron chi connectivity index (χ2n) is 7.81. The lowest BCUT2D eigenvalue weighted by Crippen LogP contribution is -2.49. The van der Waals surface area contributed by atoms with Crippen molar-refractivity contribution >= 4 is 29.2 Å². The summed E-state index contributed by atoms with van der Waals surface area (Å²) in [4.78, 5) is 50.1. The highest BCUT2D eigenvalue weighted by atomic mass is 16.6. The van der Waals surface area contributed by atoms with Crippen LogP contribution in [0.25, 0.3) is 0 Å². The Bertz CT molecular complexity index is 1250. The minimum Gasteiger partial charge on any atom is -0.459 e. The quantitative estimate of drug-likeness (QED) is 0.337. The SMILES string of the molecule is Cc1ccc(NC(=O)COC(=O)C2Cc3ccccc3CN2C(=O)c2ccco2)cc1[N+](=O)[O-]. The fourth-order valence-corrected chi connectivity index (χ4v) is 3.80. The Morgan fingerprint density at radius 1 is 1.15 bits per heavy atom. The van der Waals surface area contributed by atoms with Gasteiger partial charge in [-0.05, 0) is 36.2 Å². The Morgan fingerprint density at radius 3 is 2.62 bits per heavy atom. The topological polar surface area (TPSA) is 132 Å². The summed E-state index contributed by atoms with van der Waals surface area (Å²) in [6.07, 6.45) is 1.60. The fourth-order valence-electron chi connectivity index (χ4n) is 3.80. The van der Waals surface area contributed by atoms with Crippen molar-refractivity contribution in [3.63, 3.8) is 0 Å². The van der Waals surface area contributed by atoms with E-state index in [1.807, 2.05) is 24.3 Å². The predicted octanol–water partition coefficient (Wildman–Crippen LogP) is 3.25. The number of carbonyl (C=O) groups is 3. The van der Waals surface area contributed by atoms with Gasteiger partial charge in [-0.2, -0.15) is 0 Å². The highest BCUT2D eigenvalue weighted by Crippen LogP contribution is 2.26. The van der Waals surface area contributed by atoms with Gasteiger partial charge in [-0.3, -0.25) is 19.7 Å². The number of hydrogen-bond donors (Lipinski definition) is 1. The number of rotatable bonds is 6. The number of nitro groups is 1. The molecule has 2 amide bonds. The van der Waals surface area contributed by atoms with Gasteiger partial charge >= 0.3 is 5.97 Å². The first-order chi connectivity index (χ1) is 16.3. The molecule has 0 aliphatic carbocycles. The van der Waals surface area contributed by atoms with Crippen molar-refractivity contribution in [1.82, 2.24) is 4.90 Å². The molecule has 0 saturated heterocycles. The van der Waals surface area contributed by atoms with Gasteiger partial charge in [0.05, 0.1) is 11.2 Å². The first kappa shape index (κ1) is 22.7. The summed E-state index contributed by atoms with van der Waals surface area (Å²) in [5.74, 6) is -1.76. The van der Waals surface area contributed by atoms with Gasteiger partial charge in [0.1, 0.15) is 6.04 Å². The number of benzene rings is 2. The minimum absolute atomic E-state index is 0.0934. The number of nitrogens with one attached hydrogen (secondary N) is 1. The Balaban J connectivity index is 1.45. The Morgan fingerprint density at radius 2 is 1.91 bits per heavy atom. The van der Waals surface area contributed by atoms with E-state index in [-0.39, 0.29) is 30.1 Å². The summed E-state index contributed by atoms with van der Waals surface area (Å²) in [6, 6.07) is 13.9. The third-order valence-electron chi connectivity index (χ3n) is 5.55. The molecule has 4 rings (SSSR count). The molecule has 34 heavy (non-hydrogen) atoms. The average molecular weight is 463 g/mol. The molecule has 174 valence electrons. The third-order valence-corrected chi connectivity index (χ3v) is 5.55. The molecule has 10 heteroatoms. The van der Waals surface area contributed by atoms with E-state index in [4.69, 9.17) is 9.15 Å². The van der Waals surface area contributed by atoms with Crippen molar-refractivity contribution in [3.05, 3.63) is 93.4 Å². The monoisotopic (exact) mass is 463 g/mol. The number of carbonyl (C=O) groups excluding carboxylic acids is 3. The second-order valence-corrected chi connectivity index (χ2v) is 7.81. The minimum atomic E-state index is -0.944. The van der Waals surface area contributed by atoms with Crippen LogP contribution in [0.4, 0.5) is 11.4 Å². The third kappa shape index (κ3) is 4.80. The Hall–Kier alpha value is -4.47. The molecule has 1 aliphatic rings. The van der Waals surface area contributed by atoms with Crippen LogP contribution in [0.3, 0.4) is 0 Å². The summed E-state index contributed by atoms with van der Waals surface area (Å²) in [5, 5.41) is 13.6. The molecule has 0 spiro atoms. The molecule has 0 saturated carbocycles. The first-order valence-corrected chi connectivity index (χ1v) is 10.5. The maximum absolute atomic E-state index is 13.0. The van der Waals surface area contributed by atoms with Crippen LogP contribution in [-0.2, 0) is 27.3 Å². The zero-order valence-electron chi connectivity index (χ0n) is 18.2. The normalized spacial score (nSPS) is 14.7. The van der Waals surface area contributed by atoms with Gasteiger partial charge in [0.15, 0.2) is 12.4 Å². The average Bonchev–Trinajstić information content (AvgIpc) is 3.37. The van der Waals surface area contributed by atoms with Gasteiger partial charge < -0.3 is 19.4 Å². The highest BCUT2D eigenvalue weighted by molar-refractivity contribution is 5.96. The first-order valence-electron chi connectivity index (χ1n) is 10.5. The number of esters is 1. The van der Waals surface area contributed by atoms with Crippen molar-refractivity contribution in [2.24, 2.45) is 0 Å². The number of furan rings is 1. The van der Waals surface area contributed by atoms with Crippen molar-refractivity contribution in [1.29, 1.82) is 0 Å². The van der Waals surface area contributed by atoms with E-state index < -0.39 is 35.4 Å². The van der Waals surface area contributed by atoms with E-state index in [1.165, 1.54) is 35.4 Å².